The minimum Gasteiger partial charge on any atom is -0.302 e. The molecule has 0 saturated heterocycles. The Labute approximate surface area is 107 Å². The molecule has 2 aromatic rings. The topological polar surface area (TPSA) is 17.8 Å². The highest BCUT2D eigenvalue weighted by Crippen LogP contribution is 2.40. The molecule has 2 nitrogen and oxygen atoms in total. The van der Waals surface area contributed by atoms with Crippen LogP contribution in [0.4, 0.5) is 4.39 Å². The van der Waals surface area contributed by atoms with Crippen molar-refractivity contribution in [3.05, 3.63) is 45.8 Å². The largest absolute Gasteiger partial charge is 0.302 e. The molecule has 4 heteroatoms. The molecule has 0 spiro atoms. The van der Waals surface area contributed by atoms with Crippen LogP contribution in [0.1, 0.15) is 24.6 Å². The number of hydrogen-bond donors (Lipinski definition) is 0. The van der Waals surface area contributed by atoms with Gasteiger partial charge in [0.15, 0.2) is 0 Å². The molecule has 1 aromatic carbocycles. The van der Waals surface area contributed by atoms with Gasteiger partial charge in [-0.05, 0) is 59.7 Å². The standard InChI is InChI=1S/C12H10FIN2/c13-9-3-5-10(6-4-9)16-7-11(14)15-12(16)8-1-2-8/h3-8H,1-2H2. The fourth-order valence-electron chi connectivity index (χ4n) is 1.80. The van der Waals surface area contributed by atoms with Gasteiger partial charge >= 0.3 is 0 Å². The normalized spacial score (nSPS) is 15.4. The molecule has 0 N–H and O–H groups in total. The van der Waals surface area contributed by atoms with Crippen molar-refractivity contribution in [1.82, 2.24) is 9.55 Å². The van der Waals surface area contributed by atoms with E-state index >= 15 is 0 Å². The van der Waals surface area contributed by atoms with Crippen LogP contribution in [0.25, 0.3) is 5.69 Å². The van der Waals surface area contributed by atoms with Gasteiger partial charge in [-0.2, -0.15) is 0 Å². The van der Waals surface area contributed by atoms with Gasteiger partial charge in [0.1, 0.15) is 15.3 Å². The number of imidazole rings is 1. The SMILES string of the molecule is Fc1ccc(-n2cc(I)nc2C2CC2)cc1. The van der Waals surface area contributed by atoms with E-state index in [2.05, 4.69) is 32.1 Å². The van der Waals surface area contributed by atoms with Gasteiger partial charge in [-0.25, -0.2) is 9.37 Å². The number of rotatable bonds is 2. The van der Waals surface area contributed by atoms with Gasteiger partial charge in [0.05, 0.1) is 0 Å². The zero-order valence-corrected chi connectivity index (χ0v) is 10.7. The van der Waals surface area contributed by atoms with E-state index in [0.717, 1.165) is 15.2 Å². The second-order valence-corrected chi connectivity index (χ2v) is 5.15. The molecule has 0 unspecified atom stereocenters. The zero-order chi connectivity index (χ0) is 11.1. The lowest BCUT2D eigenvalue weighted by Crippen LogP contribution is -1.98. The van der Waals surface area contributed by atoms with Gasteiger partial charge in [-0.15, -0.1) is 0 Å². The van der Waals surface area contributed by atoms with Crippen molar-refractivity contribution in [3.8, 4) is 5.69 Å². The van der Waals surface area contributed by atoms with Crippen LogP contribution in [-0.2, 0) is 0 Å². The van der Waals surface area contributed by atoms with Crippen molar-refractivity contribution >= 4 is 22.6 Å². The molecule has 0 atom stereocenters. The number of hydrogen-bond acceptors (Lipinski definition) is 1. The lowest BCUT2D eigenvalue weighted by molar-refractivity contribution is 0.627. The maximum absolute atomic E-state index is 12.9. The average Bonchev–Trinajstić information content (AvgIpc) is 3.04. The maximum atomic E-state index is 12.9. The van der Waals surface area contributed by atoms with Crippen LogP contribution in [0.5, 0.6) is 0 Å². The van der Waals surface area contributed by atoms with E-state index in [9.17, 15) is 4.39 Å². The molecule has 16 heavy (non-hydrogen) atoms. The van der Waals surface area contributed by atoms with Crippen molar-refractivity contribution in [2.45, 2.75) is 18.8 Å². The van der Waals surface area contributed by atoms with Crippen LogP contribution >= 0.6 is 22.6 Å². The molecule has 3 rings (SSSR count). The van der Waals surface area contributed by atoms with Crippen LogP contribution in [0.15, 0.2) is 30.5 Å². The third-order valence-corrected chi connectivity index (χ3v) is 3.27. The molecule has 1 fully saturated rings. The van der Waals surface area contributed by atoms with Crippen molar-refractivity contribution in [3.63, 3.8) is 0 Å². The van der Waals surface area contributed by atoms with Crippen LogP contribution < -0.4 is 0 Å². The molecule has 0 aliphatic heterocycles. The molecule has 1 aliphatic carbocycles. The van der Waals surface area contributed by atoms with Crippen LogP contribution in [0, 0.1) is 9.52 Å². The molecule has 1 aliphatic rings. The quantitative estimate of drug-likeness (QED) is 0.772. The number of benzene rings is 1. The summed E-state index contributed by atoms with van der Waals surface area (Å²) in [7, 11) is 0. The first kappa shape index (κ1) is 10.3. The summed E-state index contributed by atoms with van der Waals surface area (Å²) in [6.45, 7) is 0. The van der Waals surface area contributed by atoms with E-state index in [1.54, 1.807) is 12.1 Å². The van der Waals surface area contributed by atoms with Crippen molar-refractivity contribution in [1.29, 1.82) is 0 Å². The Bertz CT molecular complexity index is 514. The van der Waals surface area contributed by atoms with E-state index in [0.29, 0.717) is 5.92 Å². The first-order valence-corrected chi connectivity index (χ1v) is 6.32. The molecule has 82 valence electrons. The van der Waals surface area contributed by atoms with Gasteiger partial charge in [-0.1, -0.05) is 0 Å². The molecule has 0 amide bonds. The van der Waals surface area contributed by atoms with E-state index in [1.807, 2.05) is 6.20 Å². The Kier molecular flexibility index (Phi) is 2.46. The fraction of sp³-hybridized carbons (Fsp3) is 0.250. The van der Waals surface area contributed by atoms with Gasteiger partial charge in [0.25, 0.3) is 0 Å². The predicted molar refractivity (Wildman–Crippen MR) is 68.2 cm³/mol. The van der Waals surface area contributed by atoms with Crippen LogP contribution in [0.2, 0.25) is 0 Å². The summed E-state index contributed by atoms with van der Waals surface area (Å²) in [5.41, 5.74) is 0.985. The Hall–Kier alpha value is -0.910. The summed E-state index contributed by atoms with van der Waals surface area (Å²) >= 11 is 2.21. The molecule has 1 heterocycles. The zero-order valence-electron chi connectivity index (χ0n) is 8.53. The third kappa shape index (κ3) is 1.86. The summed E-state index contributed by atoms with van der Waals surface area (Å²) in [6, 6.07) is 6.55. The van der Waals surface area contributed by atoms with E-state index < -0.39 is 0 Å². The minimum absolute atomic E-state index is 0.202. The highest BCUT2D eigenvalue weighted by Gasteiger charge is 2.29. The molecular weight excluding hydrogens is 318 g/mol. The van der Waals surface area contributed by atoms with Crippen LogP contribution in [-0.4, -0.2) is 9.55 Å². The lowest BCUT2D eigenvalue weighted by atomic mass is 10.3. The number of halogens is 2. The summed E-state index contributed by atoms with van der Waals surface area (Å²) in [6.07, 6.45) is 4.43. The Morgan fingerprint density at radius 2 is 1.94 bits per heavy atom. The second kappa shape index (κ2) is 3.84. The van der Waals surface area contributed by atoms with Crippen molar-refractivity contribution in [2.75, 3.05) is 0 Å². The third-order valence-electron chi connectivity index (χ3n) is 2.75. The summed E-state index contributed by atoms with van der Waals surface area (Å²) in [5, 5.41) is 0. The van der Waals surface area contributed by atoms with E-state index in [4.69, 9.17) is 0 Å². The van der Waals surface area contributed by atoms with E-state index in [1.165, 1.54) is 25.0 Å². The smallest absolute Gasteiger partial charge is 0.123 e. The molecular formula is C12H10FIN2. The number of aromatic nitrogens is 2. The Morgan fingerprint density at radius 3 is 2.56 bits per heavy atom. The monoisotopic (exact) mass is 328 g/mol. The van der Waals surface area contributed by atoms with Gasteiger partial charge in [0, 0.05) is 17.8 Å². The fourth-order valence-corrected chi connectivity index (χ4v) is 2.33. The van der Waals surface area contributed by atoms with E-state index in [-0.39, 0.29) is 5.82 Å². The predicted octanol–water partition coefficient (Wildman–Crippen LogP) is 3.49. The van der Waals surface area contributed by atoms with Gasteiger partial charge < -0.3 is 4.57 Å². The highest BCUT2D eigenvalue weighted by molar-refractivity contribution is 14.1. The summed E-state index contributed by atoms with van der Waals surface area (Å²) in [4.78, 5) is 4.53. The first-order valence-electron chi connectivity index (χ1n) is 5.25. The Morgan fingerprint density at radius 1 is 1.25 bits per heavy atom. The second-order valence-electron chi connectivity index (χ2n) is 4.04. The molecule has 0 bridgehead atoms. The van der Waals surface area contributed by atoms with Gasteiger partial charge in [0.2, 0.25) is 0 Å². The average molecular weight is 328 g/mol. The number of nitrogens with zero attached hydrogens (tertiary/aromatic N) is 2. The van der Waals surface area contributed by atoms with Crippen molar-refractivity contribution < 1.29 is 4.39 Å². The summed E-state index contributed by atoms with van der Waals surface area (Å²) < 4.78 is 15.9. The molecule has 0 radical (unpaired) electrons. The molecule has 1 saturated carbocycles. The highest BCUT2D eigenvalue weighted by atomic mass is 127. The Balaban J connectivity index is 2.07. The van der Waals surface area contributed by atoms with Gasteiger partial charge in [-0.3, -0.25) is 0 Å². The lowest BCUT2D eigenvalue weighted by Gasteiger charge is -2.06. The maximum Gasteiger partial charge on any atom is 0.123 e. The minimum atomic E-state index is -0.202. The van der Waals surface area contributed by atoms with Crippen LogP contribution in [0.3, 0.4) is 0 Å². The molecule has 1 aromatic heterocycles. The summed E-state index contributed by atoms with van der Waals surface area (Å²) in [5.74, 6) is 1.50. The first-order chi connectivity index (χ1) is 7.74. The van der Waals surface area contributed by atoms with Crippen molar-refractivity contribution in [2.24, 2.45) is 0 Å².